The number of hydrogen-bond acceptors (Lipinski definition) is 8. The molecule has 2 aromatic heterocycles. The maximum absolute atomic E-state index is 6.39. The standard InChI is InChI=1S/C49H36N2.C46H30N2O.C46H30N2S/c1-49(2)44-21-10-9-19-40(44)41-29-27-38(31-45(41)49)50(37-25-23-34(24-26-37)33-13-5-3-6-14-33)39-28-30-42-43-20-11-15-35-16-12-22-46(48(35)43)51(47(42)32-39)36-17-7-4-8-18-36;1-3-11-31(12-4-1)32-21-23-35(24-22-32)47(37-26-28-40-39-17-7-8-20-44(39)49-45(40)30-37)36-25-27-38-41-18-9-13-33-14-10-19-42(46(33)41)48(43(38)29-36)34-15-5-2-6-16-34;1-3-11-31(12-4-1)32-21-23-35(24-22-32)47(36-26-28-45-41(29-36)39-17-7-8-20-44(39)49-45)37-25-27-38-40-18-9-13-33-14-10-19-42(46(33)40)48(43(38)30-37)34-15-5-2-6-16-34/h3-32H,1-2H3;2*1-30H. The van der Waals surface area contributed by atoms with Gasteiger partial charge in [0.1, 0.15) is 11.2 Å². The van der Waals surface area contributed by atoms with Gasteiger partial charge >= 0.3 is 0 Å². The van der Waals surface area contributed by atoms with E-state index < -0.39 is 0 Å². The molecule has 0 N–H and O–H groups in total. The van der Waals surface area contributed by atoms with E-state index in [1.54, 1.807) is 0 Å². The van der Waals surface area contributed by atoms with Crippen molar-refractivity contribution in [3.63, 3.8) is 0 Å². The molecule has 26 aromatic rings. The Kier molecular flexibility index (Phi) is 21.4. The van der Waals surface area contributed by atoms with Crippen molar-refractivity contribution < 1.29 is 4.42 Å². The molecule has 7 nitrogen and oxygen atoms in total. The van der Waals surface area contributed by atoms with Crippen molar-refractivity contribution in [1.29, 1.82) is 0 Å². The van der Waals surface area contributed by atoms with Crippen LogP contribution >= 0.6 is 11.3 Å². The molecule has 0 bridgehead atoms. The van der Waals surface area contributed by atoms with Crippen molar-refractivity contribution in [1.82, 2.24) is 0 Å². The summed E-state index contributed by atoms with van der Waals surface area (Å²) in [5.41, 5.74) is 42.2. The van der Waals surface area contributed by atoms with Crippen LogP contribution in [0.3, 0.4) is 0 Å². The van der Waals surface area contributed by atoms with E-state index in [0.717, 1.165) is 95.9 Å². The van der Waals surface area contributed by atoms with Gasteiger partial charge in [-0.15, -0.1) is 11.3 Å². The number of fused-ring (bicyclic) bond motifs is 15. The largest absolute Gasteiger partial charge is 0.456 e. The maximum atomic E-state index is 6.39. The van der Waals surface area contributed by atoms with Crippen LogP contribution in [0.5, 0.6) is 0 Å². The highest BCUT2D eigenvalue weighted by molar-refractivity contribution is 7.25. The third-order valence-electron chi connectivity index (χ3n) is 30.5. The second-order valence-electron chi connectivity index (χ2n) is 39.4. The molecule has 0 unspecified atom stereocenters. The molecule has 8 heteroatoms. The number of thiophene rings is 1. The minimum atomic E-state index is -0.104. The average molecular weight is 1920 g/mol. The Labute approximate surface area is 869 Å². The first kappa shape index (κ1) is 87.7. The molecular formula is C141H96N6OS. The molecule has 149 heavy (non-hydrogen) atoms. The van der Waals surface area contributed by atoms with Crippen LogP contribution in [0.1, 0.15) is 25.0 Å². The highest BCUT2D eigenvalue weighted by Gasteiger charge is 2.38. The smallest absolute Gasteiger partial charge is 0.137 e. The molecule has 0 saturated carbocycles. The summed E-state index contributed by atoms with van der Waals surface area (Å²) in [5.74, 6) is 0. The van der Waals surface area contributed by atoms with Gasteiger partial charge in [0.2, 0.25) is 0 Å². The lowest BCUT2D eigenvalue weighted by Crippen LogP contribution is -2.18. The van der Waals surface area contributed by atoms with E-state index in [2.05, 4.69) is 577 Å². The number of furan rings is 1. The molecular weight excluding hydrogens is 1830 g/mol. The van der Waals surface area contributed by atoms with Crippen LogP contribution in [-0.4, -0.2) is 0 Å². The van der Waals surface area contributed by atoms with E-state index in [4.69, 9.17) is 4.42 Å². The second kappa shape index (κ2) is 36.3. The zero-order chi connectivity index (χ0) is 98.7. The van der Waals surface area contributed by atoms with Gasteiger partial charge in [-0.25, -0.2) is 0 Å². The molecule has 24 aromatic carbocycles. The zero-order valence-electron chi connectivity index (χ0n) is 82.0. The molecule has 0 fully saturated rings. The van der Waals surface area contributed by atoms with Crippen molar-refractivity contribution >= 4 is 188 Å². The quantitative estimate of drug-likeness (QED) is 0.101. The van der Waals surface area contributed by atoms with Crippen LogP contribution in [0.4, 0.5) is 102 Å². The van der Waals surface area contributed by atoms with Gasteiger partial charge in [0.05, 0.1) is 34.1 Å². The predicted octanol–water partition coefficient (Wildman–Crippen LogP) is 40.9. The number of hydrogen-bond donors (Lipinski definition) is 0. The highest BCUT2D eigenvalue weighted by atomic mass is 32.1. The van der Waals surface area contributed by atoms with E-state index in [0.29, 0.717) is 0 Å². The second-order valence-corrected chi connectivity index (χ2v) is 40.4. The highest BCUT2D eigenvalue weighted by Crippen LogP contribution is 2.60. The molecule has 3 aliphatic heterocycles. The first-order valence-corrected chi connectivity index (χ1v) is 52.0. The molecule has 0 amide bonds. The third-order valence-corrected chi connectivity index (χ3v) is 31.6. The van der Waals surface area contributed by atoms with Crippen LogP contribution in [-0.2, 0) is 5.41 Å². The Balaban J connectivity index is 0.000000108. The molecule has 30 rings (SSSR count). The predicted molar refractivity (Wildman–Crippen MR) is 631 cm³/mol. The number of nitrogens with zero attached hydrogens (tertiary/aromatic N) is 6. The van der Waals surface area contributed by atoms with Crippen molar-refractivity contribution in [2.75, 3.05) is 29.4 Å². The van der Waals surface area contributed by atoms with E-state index in [1.165, 1.54) is 170 Å². The van der Waals surface area contributed by atoms with Crippen molar-refractivity contribution in [3.8, 4) is 77.9 Å². The van der Waals surface area contributed by atoms with Crippen LogP contribution in [0, 0.1) is 0 Å². The first-order valence-electron chi connectivity index (χ1n) is 51.1. The minimum absolute atomic E-state index is 0.104. The van der Waals surface area contributed by atoms with Crippen LogP contribution in [0.15, 0.2) is 550 Å². The number of rotatable bonds is 15. The Morgan fingerprint density at radius 2 is 0.490 bits per heavy atom. The van der Waals surface area contributed by atoms with Gasteiger partial charge in [-0.1, -0.05) is 372 Å². The summed E-state index contributed by atoms with van der Waals surface area (Å²) in [6, 6.07) is 198. The van der Waals surface area contributed by atoms with Gasteiger partial charge < -0.3 is 33.8 Å². The Morgan fingerprint density at radius 3 is 0.926 bits per heavy atom. The number of benzene rings is 24. The summed E-state index contributed by atoms with van der Waals surface area (Å²) < 4.78 is 9.01. The zero-order valence-corrected chi connectivity index (χ0v) is 82.8. The lowest BCUT2D eigenvalue weighted by atomic mass is 9.82. The van der Waals surface area contributed by atoms with Crippen LogP contribution < -0.4 is 29.4 Å². The normalized spacial score (nSPS) is 12.5. The SMILES string of the molecule is CC1(C)c2ccccc2-c2ccc(N(c3ccc(-c4ccccc4)cc3)c3ccc4c(c3)N(c3ccccc3)c3cccc5cccc-4c35)cc21.c1ccc(-c2ccc(N(c3ccc4c(c3)N(c3ccccc3)c3cccc5cccc-4c35)c3ccc4c(c3)oc3ccccc34)cc2)cc1.c1ccc(-c2ccc(N(c3ccc4c(c3)N(c3ccccc3)c3cccc5cccc-4c35)c3ccc4sc5ccccc5c4c3)cc2)cc1. The summed E-state index contributed by atoms with van der Waals surface area (Å²) in [4.78, 5) is 14.5. The Hall–Kier alpha value is -19.1. The van der Waals surface area contributed by atoms with Gasteiger partial charge in [0, 0.05) is 144 Å². The van der Waals surface area contributed by atoms with Gasteiger partial charge in [0.25, 0.3) is 0 Å². The van der Waals surface area contributed by atoms with Crippen LogP contribution in [0.25, 0.3) is 152 Å². The summed E-state index contributed by atoms with van der Waals surface area (Å²) in [6.07, 6.45) is 0. The van der Waals surface area contributed by atoms with Gasteiger partial charge in [-0.05, 0) is 270 Å². The van der Waals surface area contributed by atoms with Crippen molar-refractivity contribution in [3.05, 3.63) is 557 Å². The molecule has 0 saturated heterocycles. The van der Waals surface area contributed by atoms with Crippen molar-refractivity contribution in [2.24, 2.45) is 0 Å². The fourth-order valence-electron chi connectivity index (χ4n) is 23.5. The van der Waals surface area contributed by atoms with E-state index in [-0.39, 0.29) is 5.41 Å². The fraction of sp³-hybridized carbons (Fsp3) is 0.0213. The van der Waals surface area contributed by atoms with E-state index in [9.17, 15) is 0 Å². The fourth-order valence-corrected chi connectivity index (χ4v) is 24.6. The van der Waals surface area contributed by atoms with Crippen molar-refractivity contribution in [2.45, 2.75) is 19.3 Å². The summed E-state index contributed by atoms with van der Waals surface area (Å²) >= 11 is 1.86. The number of anilines is 18. The van der Waals surface area contributed by atoms with Gasteiger partial charge in [-0.3, -0.25) is 0 Å². The minimum Gasteiger partial charge on any atom is -0.456 e. The molecule has 0 radical (unpaired) electrons. The molecule has 702 valence electrons. The lowest BCUT2D eigenvalue weighted by Gasteiger charge is -2.35. The Morgan fingerprint density at radius 1 is 0.188 bits per heavy atom. The molecule has 5 heterocycles. The summed E-state index contributed by atoms with van der Waals surface area (Å²) in [6.45, 7) is 4.71. The summed E-state index contributed by atoms with van der Waals surface area (Å²) in [5, 5.41) is 12.4. The van der Waals surface area contributed by atoms with E-state index >= 15 is 0 Å². The topological polar surface area (TPSA) is 32.6 Å². The molecule has 0 atom stereocenters. The van der Waals surface area contributed by atoms with Gasteiger partial charge in [0.15, 0.2) is 0 Å². The summed E-state index contributed by atoms with van der Waals surface area (Å²) in [7, 11) is 0. The van der Waals surface area contributed by atoms with Crippen LogP contribution in [0.2, 0.25) is 0 Å². The monoisotopic (exact) mass is 1920 g/mol. The average Bonchev–Trinajstić information content (AvgIpc) is 1.71. The lowest BCUT2D eigenvalue weighted by molar-refractivity contribution is 0.660. The molecule has 4 aliphatic rings. The third kappa shape index (κ3) is 15.2. The molecule has 0 spiro atoms. The number of para-hydroxylation sites is 4. The Bertz CT molecular complexity index is 9670. The first-order chi connectivity index (χ1) is 73.7. The van der Waals surface area contributed by atoms with Gasteiger partial charge in [-0.2, -0.15) is 0 Å². The maximum Gasteiger partial charge on any atom is 0.137 e. The van der Waals surface area contributed by atoms with E-state index in [1.807, 2.05) is 23.5 Å². The molecule has 1 aliphatic carbocycles.